The molecule has 1 saturated carbocycles. The number of alkyl halides is 3. The van der Waals surface area contributed by atoms with Gasteiger partial charge in [0, 0.05) is 23.0 Å². The van der Waals surface area contributed by atoms with Crippen molar-refractivity contribution in [3.05, 3.63) is 34.4 Å². The minimum absolute atomic E-state index is 0.290. The fourth-order valence-electron chi connectivity index (χ4n) is 4.25. The first-order valence-electron chi connectivity index (χ1n) is 10.6. The largest absolute Gasteiger partial charge is 0.494 e. The van der Waals surface area contributed by atoms with Crippen LogP contribution in [0.3, 0.4) is 0 Å². The molecule has 0 bridgehead atoms. The molecule has 0 saturated heterocycles. The average molecular weight is 467 g/mol. The summed E-state index contributed by atoms with van der Waals surface area (Å²) in [5, 5.41) is 8.19. The summed E-state index contributed by atoms with van der Waals surface area (Å²) in [6.07, 6.45) is 1.87. The van der Waals surface area contributed by atoms with Crippen LogP contribution in [0.15, 0.2) is 23.7 Å². The smallest absolute Gasteiger partial charge is 0.443 e. The number of thiazole rings is 1. The molecule has 0 atom stereocenters. The molecule has 0 aliphatic heterocycles. The fourth-order valence-corrected chi connectivity index (χ4v) is 4.92. The van der Waals surface area contributed by atoms with Crippen LogP contribution in [0.5, 0.6) is 5.75 Å². The van der Waals surface area contributed by atoms with Gasteiger partial charge in [-0.05, 0) is 43.6 Å². The van der Waals surface area contributed by atoms with E-state index in [9.17, 15) is 18.0 Å². The predicted octanol–water partition coefficient (Wildman–Crippen LogP) is 6.16. The number of anilines is 1. The number of halogens is 3. The molecular formula is C22H25F3N4O2S. The van der Waals surface area contributed by atoms with Crippen molar-refractivity contribution < 1.29 is 22.7 Å². The zero-order chi connectivity index (χ0) is 23.0. The van der Waals surface area contributed by atoms with E-state index in [1.807, 2.05) is 10.9 Å². The van der Waals surface area contributed by atoms with E-state index in [4.69, 9.17) is 9.84 Å². The topological polar surface area (TPSA) is 69.0 Å². The highest BCUT2D eigenvalue weighted by molar-refractivity contribution is 7.10. The first-order chi connectivity index (χ1) is 15.2. The second-order valence-electron chi connectivity index (χ2n) is 8.52. The molecule has 2 heterocycles. The summed E-state index contributed by atoms with van der Waals surface area (Å²) in [7, 11) is 1.46. The van der Waals surface area contributed by atoms with Crippen molar-refractivity contribution in [2.24, 2.45) is 11.8 Å². The molecule has 4 rings (SSSR count). The van der Waals surface area contributed by atoms with Crippen LogP contribution in [0.4, 0.5) is 18.9 Å². The number of rotatable bonds is 5. The minimum atomic E-state index is -4.58. The Kier molecular flexibility index (Phi) is 6.15. The van der Waals surface area contributed by atoms with E-state index in [1.165, 1.54) is 20.0 Å². The number of hydrogen-bond donors (Lipinski definition) is 1. The predicted molar refractivity (Wildman–Crippen MR) is 117 cm³/mol. The number of fused-ring (bicyclic) bond motifs is 1. The van der Waals surface area contributed by atoms with Crippen molar-refractivity contribution in [1.29, 1.82) is 0 Å². The van der Waals surface area contributed by atoms with Crippen LogP contribution in [-0.2, 0) is 6.18 Å². The number of ether oxygens (including phenoxy) is 1. The van der Waals surface area contributed by atoms with Gasteiger partial charge in [0.25, 0.3) is 5.91 Å². The minimum Gasteiger partial charge on any atom is -0.494 e. The Hall–Kier alpha value is -2.62. The number of hydrogen-bond acceptors (Lipinski definition) is 5. The molecular weight excluding hydrogens is 441 g/mol. The van der Waals surface area contributed by atoms with Gasteiger partial charge in [-0.3, -0.25) is 9.48 Å². The number of nitrogens with zero attached hydrogens (tertiary/aromatic N) is 3. The summed E-state index contributed by atoms with van der Waals surface area (Å²) >= 11 is 0.387. The Labute approximate surface area is 187 Å². The maximum Gasteiger partial charge on any atom is 0.443 e. The van der Waals surface area contributed by atoms with Crippen LogP contribution in [0.25, 0.3) is 10.9 Å². The third-order valence-corrected chi connectivity index (χ3v) is 7.02. The van der Waals surface area contributed by atoms with Crippen molar-refractivity contribution in [3.8, 4) is 5.75 Å². The standard InChI is InChI=1S/C22H25F3N4O2S/c1-12(2)13-4-6-15(7-5-13)29-10-14-8-17(19(31-3)9-16(14)28-29)26-20(30)18-11-32-21(27-18)22(23,24)25/h8-13,15H,4-7H2,1-3H3,(H,26,30). The molecule has 32 heavy (non-hydrogen) atoms. The van der Waals surface area contributed by atoms with Crippen LogP contribution >= 0.6 is 11.3 Å². The van der Waals surface area contributed by atoms with E-state index in [0.717, 1.165) is 35.0 Å². The molecule has 10 heteroatoms. The normalized spacial score (nSPS) is 19.5. The third-order valence-electron chi connectivity index (χ3n) is 6.13. The fraction of sp³-hybridized carbons (Fsp3) is 0.500. The summed E-state index contributed by atoms with van der Waals surface area (Å²) < 4.78 is 45.7. The lowest BCUT2D eigenvalue weighted by molar-refractivity contribution is -0.137. The quantitative estimate of drug-likeness (QED) is 0.489. The number of carbonyl (C=O) groups is 1. The first kappa shape index (κ1) is 22.6. The molecule has 1 fully saturated rings. The highest BCUT2D eigenvalue weighted by atomic mass is 32.1. The third kappa shape index (κ3) is 4.60. The molecule has 0 radical (unpaired) electrons. The van der Waals surface area contributed by atoms with Gasteiger partial charge in [-0.2, -0.15) is 18.3 Å². The van der Waals surface area contributed by atoms with E-state index in [-0.39, 0.29) is 5.69 Å². The number of methoxy groups -OCH3 is 1. The van der Waals surface area contributed by atoms with E-state index in [2.05, 4.69) is 24.1 Å². The lowest BCUT2D eigenvalue weighted by atomic mass is 9.80. The molecule has 1 aromatic carbocycles. The SMILES string of the molecule is COc1cc2nn(C3CCC(C(C)C)CC3)cc2cc1NC(=O)c1csc(C(F)(F)F)n1. The van der Waals surface area contributed by atoms with Gasteiger partial charge in [-0.1, -0.05) is 13.8 Å². The number of aromatic nitrogens is 3. The van der Waals surface area contributed by atoms with Gasteiger partial charge >= 0.3 is 6.18 Å². The first-order valence-corrected chi connectivity index (χ1v) is 11.4. The maximum atomic E-state index is 12.8. The molecule has 0 spiro atoms. The van der Waals surface area contributed by atoms with Crippen molar-refractivity contribution >= 4 is 33.8 Å². The summed E-state index contributed by atoms with van der Waals surface area (Å²) in [4.78, 5) is 15.9. The summed E-state index contributed by atoms with van der Waals surface area (Å²) in [5.74, 6) is 1.09. The second-order valence-corrected chi connectivity index (χ2v) is 9.38. The van der Waals surface area contributed by atoms with Crippen LogP contribution in [-0.4, -0.2) is 27.8 Å². The van der Waals surface area contributed by atoms with E-state index in [1.54, 1.807) is 12.1 Å². The Morgan fingerprint density at radius 3 is 2.56 bits per heavy atom. The molecule has 1 aliphatic rings. The molecule has 172 valence electrons. The van der Waals surface area contributed by atoms with Crippen molar-refractivity contribution in [1.82, 2.24) is 14.8 Å². The summed E-state index contributed by atoms with van der Waals surface area (Å²) in [6, 6.07) is 3.78. The van der Waals surface area contributed by atoms with E-state index < -0.39 is 17.1 Å². The van der Waals surface area contributed by atoms with Crippen LogP contribution < -0.4 is 10.1 Å². The monoisotopic (exact) mass is 466 g/mol. The molecule has 6 nitrogen and oxygen atoms in total. The van der Waals surface area contributed by atoms with Crippen LogP contribution in [0.1, 0.15) is 61.1 Å². The molecule has 1 aliphatic carbocycles. The second kappa shape index (κ2) is 8.73. The number of amides is 1. The average Bonchev–Trinajstić information content (AvgIpc) is 3.40. The molecule has 1 amide bonds. The maximum absolute atomic E-state index is 12.8. The molecule has 2 aromatic heterocycles. The Balaban J connectivity index is 1.55. The summed E-state index contributed by atoms with van der Waals surface area (Å²) in [6.45, 7) is 4.54. The van der Waals surface area contributed by atoms with Gasteiger partial charge in [0.15, 0.2) is 5.01 Å². The zero-order valence-corrected chi connectivity index (χ0v) is 18.9. The number of benzene rings is 1. The van der Waals surface area contributed by atoms with Gasteiger partial charge in [0.2, 0.25) is 0 Å². The number of nitrogens with one attached hydrogen (secondary N) is 1. The van der Waals surface area contributed by atoms with Crippen molar-refractivity contribution in [2.75, 3.05) is 12.4 Å². The van der Waals surface area contributed by atoms with Gasteiger partial charge in [0.05, 0.1) is 24.4 Å². The Morgan fingerprint density at radius 2 is 1.97 bits per heavy atom. The van der Waals surface area contributed by atoms with Gasteiger partial charge in [-0.15, -0.1) is 11.3 Å². The lowest BCUT2D eigenvalue weighted by Gasteiger charge is -2.30. The molecule has 0 unspecified atom stereocenters. The number of carbonyl (C=O) groups excluding carboxylic acids is 1. The molecule has 3 aromatic rings. The highest BCUT2D eigenvalue weighted by Crippen LogP contribution is 2.37. The van der Waals surface area contributed by atoms with E-state index in [0.29, 0.717) is 34.7 Å². The lowest BCUT2D eigenvalue weighted by Crippen LogP contribution is -2.21. The van der Waals surface area contributed by atoms with Crippen molar-refractivity contribution in [3.63, 3.8) is 0 Å². The highest BCUT2D eigenvalue weighted by Gasteiger charge is 2.35. The van der Waals surface area contributed by atoms with E-state index >= 15 is 0 Å². The zero-order valence-electron chi connectivity index (χ0n) is 18.1. The summed E-state index contributed by atoms with van der Waals surface area (Å²) in [5.41, 5.74) is 0.801. The van der Waals surface area contributed by atoms with Gasteiger partial charge in [0.1, 0.15) is 11.4 Å². The van der Waals surface area contributed by atoms with Gasteiger partial charge < -0.3 is 10.1 Å². The Bertz CT molecular complexity index is 1110. The Morgan fingerprint density at radius 1 is 1.25 bits per heavy atom. The van der Waals surface area contributed by atoms with Crippen LogP contribution in [0, 0.1) is 11.8 Å². The van der Waals surface area contributed by atoms with Gasteiger partial charge in [-0.25, -0.2) is 4.98 Å². The van der Waals surface area contributed by atoms with Crippen molar-refractivity contribution in [2.45, 2.75) is 51.7 Å². The molecule has 1 N–H and O–H groups in total. The van der Waals surface area contributed by atoms with Crippen LogP contribution in [0.2, 0.25) is 0 Å².